The third-order valence-electron chi connectivity index (χ3n) is 2.39. The molecule has 0 rings (SSSR count). The van der Waals surface area contributed by atoms with E-state index in [2.05, 4.69) is 13.2 Å². The normalized spacial score (nSPS) is 10.6. The molecule has 0 N–H and O–H groups in total. The minimum Gasteiger partial charge on any atom is -0.161 e. The van der Waals surface area contributed by atoms with Gasteiger partial charge in [-0.1, -0.05) is 58.3 Å². The van der Waals surface area contributed by atoms with Gasteiger partial charge in [0.05, 0.1) is 0 Å². The third kappa shape index (κ3) is 12.4. The number of hydrogen-bond donors (Lipinski definition) is 0. The monoisotopic (exact) mass is 201 g/mol. The second kappa shape index (κ2) is 12.3. The second-order valence-electron chi connectivity index (χ2n) is 3.74. The van der Waals surface area contributed by atoms with Gasteiger partial charge in [-0.2, -0.15) is 11.8 Å². The van der Waals surface area contributed by atoms with Crippen molar-refractivity contribution in [3.05, 3.63) is 6.26 Å². The summed E-state index contributed by atoms with van der Waals surface area (Å²) in [7, 11) is 0. The van der Waals surface area contributed by atoms with Crippen LogP contribution in [0.5, 0.6) is 0 Å². The maximum absolute atomic E-state index is 3.77. The lowest BCUT2D eigenvalue weighted by molar-refractivity contribution is 0.573. The van der Waals surface area contributed by atoms with E-state index in [-0.39, 0.29) is 0 Å². The zero-order valence-corrected chi connectivity index (χ0v) is 10.0. The van der Waals surface area contributed by atoms with E-state index in [1.54, 1.807) is 11.8 Å². The predicted octanol–water partition coefficient (Wildman–Crippen LogP) is 5.04. The van der Waals surface area contributed by atoms with Gasteiger partial charge in [-0.15, -0.1) is 0 Å². The first-order chi connectivity index (χ1) is 6.41. The van der Waals surface area contributed by atoms with Crippen LogP contribution in [-0.4, -0.2) is 5.75 Å². The summed E-state index contributed by atoms with van der Waals surface area (Å²) in [6.07, 6.45) is 16.6. The molecule has 0 amide bonds. The van der Waals surface area contributed by atoms with E-state index in [0.717, 1.165) is 0 Å². The summed E-state index contributed by atoms with van der Waals surface area (Å²) in [6.45, 7) is 2.27. The van der Waals surface area contributed by atoms with Crippen LogP contribution < -0.4 is 0 Å². The van der Waals surface area contributed by atoms with Crippen molar-refractivity contribution in [3.8, 4) is 0 Å². The highest BCUT2D eigenvalue weighted by Crippen LogP contribution is 2.10. The fourth-order valence-electron chi connectivity index (χ4n) is 1.51. The van der Waals surface area contributed by atoms with Crippen molar-refractivity contribution < 1.29 is 0 Å². The number of thioether (sulfide) groups is 1. The summed E-state index contributed by atoms with van der Waals surface area (Å²) in [4.78, 5) is 0. The minimum atomic E-state index is 1.25. The van der Waals surface area contributed by atoms with Crippen molar-refractivity contribution in [3.63, 3.8) is 0 Å². The van der Waals surface area contributed by atoms with Gasteiger partial charge in [0, 0.05) is 6.26 Å². The van der Waals surface area contributed by atoms with Crippen molar-refractivity contribution in [1.29, 1.82) is 0 Å². The molecule has 0 saturated heterocycles. The molecule has 79 valence electrons. The van der Waals surface area contributed by atoms with Crippen molar-refractivity contribution in [2.24, 2.45) is 0 Å². The Bertz CT molecular complexity index is 71.2. The Kier molecular flexibility index (Phi) is 12.7. The molecule has 0 spiro atoms. The van der Waals surface area contributed by atoms with Gasteiger partial charge in [0.15, 0.2) is 0 Å². The molecule has 0 nitrogen and oxygen atoms in total. The van der Waals surface area contributed by atoms with Crippen LogP contribution in [0.1, 0.15) is 64.7 Å². The van der Waals surface area contributed by atoms with E-state index >= 15 is 0 Å². The lowest BCUT2D eigenvalue weighted by atomic mass is 10.1. The van der Waals surface area contributed by atoms with Gasteiger partial charge in [0.2, 0.25) is 0 Å². The topological polar surface area (TPSA) is 0 Å². The summed E-state index contributed by atoms with van der Waals surface area (Å²) in [5.74, 6) is 1.25. The first-order valence-electron chi connectivity index (χ1n) is 5.78. The SMILES string of the molecule is [CH2]SCCCCCCCCCCC. The number of rotatable bonds is 10. The first-order valence-corrected chi connectivity index (χ1v) is 6.94. The van der Waals surface area contributed by atoms with E-state index in [1.165, 1.54) is 63.5 Å². The Hall–Kier alpha value is 0.350. The van der Waals surface area contributed by atoms with E-state index in [0.29, 0.717) is 0 Å². The van der Waals surface area contributed by atoms with Crippen LogP contribution >= 0.6 is 11.8 Å². The van der Waals surface area contributed by atoms with E-state index in [4.69, 9.17) is 0 Å². The molecule has 1 radical (unpaired) electrons. The zero-order chi connectivity index (χ0) is 9.78. The maximum atomic E-state index is 3.77. The Labute approximate surface area is 88.9 Å². The highest BCUT2D eigenvalue weighted by atomic mass is 32.2. The minimum absolute atomic E-state index is 1.25. The van der Waals surface area contributed by atoms with Gasteiger partial charge >= 0.3 is 0 Å². The molecule has 0 aromatic carbocycles. The Morgan fingerprint density at radius 3 is 1.69 bits per heavy atom. The van der Waals surface area contributed by atoms with E-state index in [9.17, 15) is 0 Å². The van der Waals surface area contributed by atoms with E-state index < -0.39 is 0 Å². The molecule has 0 unspecified atom stereocenters. The van der Waals surface area contributed by atoms with Gasteiger partial charge in [0.1, 0.15) is 0 Å². The molecule has 0 saturated carbocycles. The molecule has 0 atom stereocenters. The molecule has 0 aliphatic carbocycles. The highest BCUT2D eigenvalue weighted by Gasteiger charge is 1.91. The molecule has 0 heterocycles. The Morgan fingerprint density at radius 1 is 0.769 bits per heavy atom. The number of unbranched alkanes of at least 4 members (excludes halogenated alkanes) is 8. The largest absolute Gasteiger partial charge is 0.161 e. The molecule has 0 aromatic heterocycles. The van der Waals surface area contributed by atoms with Crippen molar-refractivity contribution >= 4 is 11.8 Å². The molecule has 1 heteroatoms. The smallest absolute Gasteiger partial charge is 0.00235 e. The van der Waals surface area contributed by atoms with Crippen LogP contribution in [-0.2, 0) is 0 Å². The van der Waals surface area contributed by atoms with E-state index in [1.807, 2.05) is 0 Å². The van der Waals surface area contributed by atoms with Crippen LogP contribution in [0.2, 0.25) is 0 Å². The van der Waals surface area contributed by atoms with Crippen LogP contribution in [0.25, 0.3) is 0 Å². The van der Waals surface area contributed by atoms with Crippen LogP contribution in [0.15, 0.2) is 0 Å². The van der Waals surface area contributed by atoms with Crippen molar-refractivity contribution in [2.75, 3.05) is 5.75 Å². The summed E-state index contributed by atoms with van der Waals surface area (Å²) in [5, 5.41) is 0. The average molecular weight is 201 g/mol. The van der Waals surface area contributed by atoms with Gasteiger partial charge in [-0.25, -0.2) is 0 Å². The van der Waals surface area contributed by atoms with Gasteiger partial charge < -0.3 is 0 Å². The summed E-state index contributed by atoms with van der Waals surface area (Å²) < 4.78 is 0. The molecule has 0 fully saturated rings. The maximum Gasteiger partial charge on any atom is 0.00235 e. The predicted molar refractivity (Wildman–Crippen MR) is 65.0 cm³/mol. The van der Waals surface area contributed by atoms with Crippen LogP contribution in [0.3, 0.4) is 0 Å². The summed E-state index contributed by atoms with van der Waals surface area (Å²) in [5.41, 5.74) is 0. The number of hydrogen-bond acceptors (Lipinski definition) is 1. The standard InChI is InChI=1S/C12H25S/c1-3-4-5-6-7-8-9-10-11-12-13-2/h2-12H2,1H3. The Balaban J connectivity index is 2.76. The van der Waals surface area contributed by atoms with Gasteiger partial charge in [-0.3, -0.25) is 0 Å². The lowest BCUT2D eigenvalue weighted by Crippen LogP contribution is -1.82. The Morgan fingerprint density at radius 2 is 1.23 bits per heavy atom. The lowest BCUT2D eigenvalue weighted by Gasteiger charge is -2.00. The van der Waals surface area contributed by atoms with Crippen molar-refractivity contribution in [1.82, 2.24) is 0 Å². The molecular weight excluding hydrogens is 176 g/mol. The molecule has 0 aromatic rings. The molecule has 0 aliphatic heterocycles. The molecule has 0 bridgehead atoms. The fraction of sp³-hybridized carbons (Fsp3) is 0.917. The molecular formula is C12H25S. The fourth-order valence-corrected chi connectivity index (χ4v) is 1.92. The first kappa shape index (κ1) is 13.4. The highest BCUT2D eigenvalue weighted by molar-refractivity contribution is 8.00. The summed E-state index contributed by atoms with van der Waals surface area (Å²) in [6, 6.07) is 0. The second-order valence-corrected chi connectivity index (χ2v) is 4.55. The van der Waals surface area contributed by atoms with Crippen molar-refractivity contribution in [2.45, 2.75) is 64.7 Å². The average Bonchev–Trinajstić information content (AvgIpc) is 2.16. The molecule has 0 aliphatic rings. The van der Waals surface area contributed by atoms with Crippen LogP contribution in [0.4, 0.5) is 0 Å². The molecule has 13 heavy (non-hydrogen) atoms. The van der Waals surface area contributed by atoms with Gasteiger partial charge in [0.25, 0.3) is 0 Å². The zero-order valence-electron chi connectivity index (χ0n) is 9.19. The van der Waals surface area contributed by atoms with Crippen LogP contribution in [0, 0.1) is 6.26 Å². The third-order valence-corrected chi connectivity index (χ3v) is 2.97. The quantitative estimate of drug-likeness (QED) is 0.446. The summed E-state index contributed by atoms with van der Waals surface area (Å²) >= 11 is 1.73. The van der Waals surface area contributed by atoms with Gasteiger partial charge in [-0.05, 0) is 12.2 Å².